The first-order valence-corrected chi connectivity index (χ1v) is 7.37. The molecule has 0 aliphatic carbocycles. The molecule has 0 amide bonds. The molecule has 1 aromatic rings. The van der Waals surface area contributed by atoms with Gasteiger partial charge < -0.3 is 0 Å². The van der Waals surface area contributed by atoms with E-state index in [9.17, 15) is 0 Å². The molecule has 1 aromatic carbocycles. The van der Waals surface area contributed by atoms with Crippen molar-refractivity contribution >= 4 is 5.57 Å². The van der Waals surface area contributed by atoms with E-state index in [1.54, 1.807) is 5.57 Å². The van der Waals surface area contributed by atoms with Crippen molar-refractivity contribution in [1.82, 2.24) is 0 Å². The molecule has 0 saturated carbocycles. The topological polar surface area (TPSA) is 0 Å². The Kier molecular flexibility index (Phi) is 6.18. The Labute approximate surface area is 113 Å². The average Bonchev–Trinajstić information content (AvgIpc) is 2.40. The lowest BCUT2D eigenvalue weighted by Gasteiger charge is -2.17. The second kappa shape index (κ2) is 7.41. The van der Waals surface area contributed by atoms with E-state index < -0.39 is 0 Å². The molecule has 0 bridgehead atoms. The summed E-state index contributed by atoms with van der Waals surface area (Å²) in [7, 11) is 0. The van der Waals surface area contributed by atoms with Crippen LogP contribution in [0.15, 0.2) is 29.8 Å². The van der Waals surface area contributed by atoms with Gasteiger partial charge in [0.1, 0.15) is 0 Å². The lowest BCUT2D eigenvalue weighted by atomic mass is 9.88. The van der Waals surface area contributed by atoms with Crippen molar-refractivity contribution in [2.75, 3.05) is 0 Å². The number of hydrogen-bond donors (Lipinski definition) is 0. The molecule has 100 valence electrons. The molecular formula is C18H28. The molecular weight excluding hydrogens is 216 g/mol. The first-order chi connectivity index (χ1) is 8.62. The molecule has 0 saturated heterocycles. The standard InChI is InChI=1S/C18H28/c1-6-15(7-2)13-18(14(4)5)17-11-9-16(8-3)10-12-17/h9-12,15H,6-8,13H2,1-5H3. The fourth-order valence-electron chi connectivity index (χ4n) is 2.42. The fourth-order valence-corrected chi connectivity index (χ4v) is 2.42. The van der Waals surface area contributed by atoms with E-state index >= 15 is 0 Å². The number of rotatable bonds is 6. The van der Waals surface area contributed by atoms with Crippen LogP contribution in [0, 0.1) is 5.92 Å². The van der Waals surface area contributed by atoms with Crippen molar-refractivity contribution in [3.8, 4) is 0 Å². The smallest absolute Gasteiger partial charge is 0.0225 e. The second-order valence-corrected chi connectivity index (χ2v) is 5.42. The number of allylic oxidation sites excluding steroid dienone is 2. The summed E-state index contributed by atoms with van der Waals surface area (Å²) in [5.74, 6) is 0.820. The molecule has 0 aliphatic rings. The minimum Gasteiger partial charge on any atom is -0.0726 e. The lowest BCUT2D eigenvalue weighted by Crippen LogP contribution is -2.00. The molecule has 0 fully saturated rings. The van der Waals surface area contributed by atoms with Gasteiger partial charge in [-0.05, 0) is 49.3 Å². The maximum Gasteiger partial charge on any atom is -0.0225 e. The van der Waals surface area contributed by atoms with Crippen LogP contribution >= 0.6 is 0 Å². The van der Waals surface area contributed by atoms with Gasteiger partial charge in [-0.15, -0.1) is 0 Å². The summed E-state index contributed by atoms with van der Waals surface area (Å²) in [6.45, 7) is 11.3. The Hall–Kier alpha value is -1.04. The summed E-state index contributed by atoms with van der Waals surface area (Å²) in [5, 5.41) is 0. The second-order valence-electron chi connectivity index (χ2n) is 5.42. The van der Waals surface area contributed by atoms with Crippen LogP contribution in [-0.2, 0) is 6.42 Å². The van der Waals surface area contributed by atoms with Gasteiger partial charge in [-0.25, -0.2) is 0 Å². The van der Waals surface area contributed by atoms with E-state index in [0.717, 1.165) is 12.3 Å². The minimum atomic E-state index is 0.820. The van der Waals surface area contributed by atoms with Crippen molar-refractivity contribution < 1.29 is 0 Å². The first kappa shape index (κ1) is 15.0. The quantitative estimate of drug-likeness (QED) is 0.587. The lowest BCUT2D eigenvalue weighted by molar-refractivity contribution is 0.505. The van der Waals surface area contributed by atoms with Gasteiger partial charge in [0.25, 0.3) is 0 Å². The summed E-state index contributed by atoms with van der Waals surface area (Å²) < 4.78 is 0. The summed E-state index contributed by atoms with van der Waals surface area (Å²) in [4.78, 5) is 0. The predicted molar refractivity (Wildman–Crippen MR) is 82.8 cm³/mol. The molecule has 0 aliphatic heterocycles. The molecule has 0 unspecified atom stereocenters. The van der Waals surface area contributed by atoms with Crippen molar-refractivity contribution in [1.29, 1.82) is 0 Å². The van der Waals surface area contributed by atoms with Crippen LogP contribution in [-0.4, -0.2) is 0 Å². The SMILES string of the molecule is CCc1ccc(C(CC(CC)CC)=C(C)C)cc1. The van der Waals surface area contributed by atoms with Gasteiger partial charge in [-0.3, -0.25) is 0 Å². The van der Waals surface area contributed by atoms with Crippen molar-refractivity contribution in [2.45, 2.75) is 60.3 Å². The highest BCUT2D eigenvalue weighted by atomic mass is 14.2. The average molecular weight is 244 g/mol. The molecule has 0 N–H and O–H groups in total. The molecule has 18 heavy (non-hydrogen) atoms. The fraction of sp³-hybridized carbons (Fsp3) is 0.556. The molecule has 0 heterocycles. The third-order valence-electron chi connectivity index (χ3n) is 3.96. The molecule has 0 heteroatoms. The normalized spacial score (nSPS) is 10.8. The van der Waals surface area contributed by atoms with Crippen LogP contribution in [0.4, 0.5) is 0 Å². The van der Waals surface area contributed by atoms with Crippen molar-refractivity contribution in [3.05, 3.63) is 41.0 Å². The largest absolute Gasteiger partial charge is 0.0726 e. The van der Waals surface area contributed by atoms with Gasteiger partial charge in [0.15, 0.2) is 0 Å². The maximum absolute atomic E-state index is 2.30. The van der Waals surface area contributed by atoms with Crippen molar-refractivity contribution in [2.24, 2.45) is 5.92 Å². The van der Waals surface area contributed by atoms with Gasteiger partial charge in [-0.1, -0.05) is 63.5 Å². The van der Waals surface area contributed by atoms with Crippen LogP contribution in [0.5, 0.6) is 0 Å². The van der Waals surface area contributed by atoms with Crippen LogP contribution in [0.2, 0.25) is 0 Å². The van der Waals surface area contributed by atoms with E-state index in [1.165, 1.54) is 36.0 Å². The zero-order valence-corrected chi connectivity index (χ0v) is 12.7. The molecule has 0 radical (unpaired) electrons. The van der Waals surface area contributed by atoms with Gasteiger partial charge in [0.2, 0.25) is 0 Å². The summed E-state index contributed by atoms with van der Waals surface area (Å²) in [6, 6.07) is 9.13. The Morgan fingerprint density at radius 1 is 0.944 bits per heavy atom. The predicted octanol–water partition coefficient (Wildman–Crippen LogP) is 5.87. The number of aryl methyl sites for hydroxylation is 1. The van der Waals surface area contributed by atoms with Crippen LogP contribution in [0.3, 0.4) is 0 Å². The Bertz CT molecular complexity index is 373. The molecule has 0 spiro atoms. The molecule has 0 aromatic heterocycles. The Morgan fingerprint density at radius 3 is 1.89 bits per heavy atom. The van der Waals surface area contributed by atoms with E-state index in [-0.39, 0.29) is 0 Å². The van der Waals surface area contributed by atoms with Crippen molar-refractivity contribution in [3.63, 3.8) is 0 Å². The zero-order valence-electron chi connectivity index (χ0n) is 12.7. The van der Waals surface area contributed by atoms with Crippen LogP contribution in [0.1, 0.15) is 65.0 Å². The van der Waals surface area contributed by atoms with Gasteiger partial charge in [0.05, 0.1) is 0 Å². The van der Waals surface area contributed by atoms with Gasteiger partial charge in [0, 0.05) is 0 Å². The van der Waals surface area contributed by atoms with E-state index in [1.807, 2.05) is 0 Å². The number of hydrogen-bond acceptors (Lipinski definition) is 0. The van der Waals surface area contributed by atoms with Gasteiger partial charge in [-0.2, -0.15) is 0 Å². The third-order valence-corrected chi connectivity index (χ3v) is 3.96. The molecule has 1 rings (SSSR count). The molecule has 0 nitrogen and oxygen atoms in total. The summed E-state index contributed by atoms with van der Waals surface area (Å²) in [5.41, 5.74) is 5.85. The highest BCUT2D eigenvalue weighted by Crippen LogP contribution is 2.29. The monoisotopic (exact) mass is 244 g/mol. The Morgan fingerprint density at radius 2 is 1.50 bits per heavy atom. The highest BCUT2D eigenvalue weighted by molar-refractivity contribution is 5.68. The van der Waals surface area contributed by atoms with Crippen LogP contribution in [0.25, 0.3) is 5.57 Å². The summed E-state index contributed by atoms with van der Waals surface area (Å²) >= 11 is 0. The van der Waals surface area contributed by atoms with E-state index in [2.05, 4.69) is 58.9 Å². The highest BCUT2D eigenvalue weighted by Gasteiger charge is 2.10. The van der Waals surface area contributed by atoms with Gasteiger partial charge >= 0.3 is 0 Å². The Balaban J connectivity index is 2.95. The van der Waals surface area contributed by atoms with E-state index in [0.29, 0.717) is 0 Å². The summed E-state index contributed by atoms with van der Waals surface area (Å²) in [6.07, 6.45) is 4.90. The van der Waals surface area contributed by atoms with E-state index in [4.69, 9.17) is 0 Å². The van der Waals surface area contributed by atoms with Crippen LogP contribution < -0.4 is 0 Å². The number of benzene rings is 1. The first-order valence-electron chi connectivity index (χ1n) is 7.37. The maximum atomic E-state index is 2.30. The zero-order chi connectivity index (χ0) is 13.5. The third kappa shape index (κ3) is 4.01. The molecule has 0 atom stereocenters. The minimum absolute atomic E-state index is 0.820.